The molecule has 0 atom stereocenters. The highest BCUT2D eigenvalue weighted by atomic mass is 16.1. The molecule has 1 aliphatic heterocycles. The van der Waals surface area contributed by atoms with E-state index in [0.29, 0.717) is 5.56 Å². The molecule has 2 aromatic carbocycles. The quantitative estimate of drug-likeness (QED) is 0.897. The van der Waals surface area contributed by atoms with Crippen LogP contribution in [0.1, 0.15) is 17.3 Å². The van der Waals surface area contributed by atoms with Crippen LogP contribution in [0.15, 0.2) is 48.5 Å². The Balaban J connectivity index is 1.59. The summed E-state index contributed by atoms with van der Waals surface area (Å²) < 4.78 is 0. The van der Waals surface area contributed by atoms with E-state index in [0.717, 1.165) is 44.1 Å². The van der Waals surface area contributed by atoms with E-state index in [2.05, 4.69) is 34.2 Å². The van der Waals surface area contributed by atoms with E-state index in [-0.39, 0.29) is 5.91 Å². The van der Waals surface area contributed by atoms with Gasteiger partial charge in [-0.2, -0.15) is 0 Å². The number of nitrogens with zero attached hydrogens (tertiary/aromatic N) is 3. The molecule has 1 fully saturated rings. The number of likely N-dealkylation sites (N-methyl/N-ethyl adjacent to an activating group) is 1. The van der Waals surface area contributed by atoms with Crippen molar-refractivity contribution < 1.29 is 4.79 Å². The van der Waals surface area contributed by atoms with Crippen LogP contribution in [0.2, 0.25) is 0 Å². The first-order chi connectivity index (χ1) is 12.6. The molecule has 1 saturated heterocycles. The average Bonchev–Trinajstić information content (AvgIpc) is 2.68. The fourth-order valence-corrected chi connectivity index (χ4v) is 3.19. The number of carbonyl (C=O) groups excluding carboxylic acids is 1. The van der Waals surface area contributed by atoms with Gasteiger partial charge in [-0.1, -0.05) is 6.92 Å². The predicted octanol–water partition coefficient (Wildman–Crippen LogP) is 3.15. The number of anilines is 3. The third-order valence-corrected chi connectivity index (χ3v) is 4.96. The molecule has 1 heterocycles. The van der Waals surface area contributed by atoms with Crippen molar-refractivity contribution >= 4 is 23.0 Å². The molecule has 0 bridgehead atoms. The van der Waals surface area contributed by atoms with E-state index in [1.807, 2.05) is 55.4 Å². The first kappa shape index (κ1) is 18.3. The summed E-state index contributed by atoms with van der Waals surface area (Å²) in [5, 5.41) is 2.97. The highest BCUT2D eigenvalue weighted by Crippen LogP contribution is 2.20. The molecule has 5 nitrogen and oxygen atoms in total. The van der Waals surface area contributed by atoms with Crippen molar-refractivity contribution in [1.29, 1.82) is 0 Å². The first-order valence-electron chi connectivity index (χ1n) is 9.23. The third-order valence-electron chi connectivity index (χ3n) is 4.96. The maximum Gasteiger partial charge on any atom is 0.255 e. The van der Waals surface area contributed by atoms with Crippen LogP contribution in [-0.2, 0) is 0 Å². The van der Waals surface area contributed by atoms with Gasteiger partial charge in [0.2, 0.25) is 0 Å². The monoisotopic (exact) mass is 352 g/mol. The van der Waals surface area contributed by atoms with Gasteiger partial charge in [0.05, 0.1) is 0 Å². The Morgan fingerprint density at radius 1 is 0.962 bits per heavy atom. The van der Waals surface area contributed by atoms with Crippen LogP contribution in [0.25, 0.3) is 0 Å². The normalized spacial score (nSPS) is 15.0. The van der Waals surface area contributed by atoms with E-state index < -0.39 is 0 Å². The third kappa shape index (κ3) is 4.35. The van der Waals surface area contributed by atoms with Crippen molar-refractivity contribution in [1.82, 2.24) is 4.90 Å². The van der Waals surface area contributed by atoms with Crippen LogP contribution < -0.4 is 15.1 Å². The number of carbonyl (C=O) groups is 1. The molecule has 0 radical (unpaired) electrons. The number of amides is 1. The van der Waals surface area contributed by atoms with Crippen molar-refractivity contribution in [2.45, 2.75) is 6.92 Å². The standard InChI is InChI=1S/C21H28N4O/c1-4-24-13-15-25(16-14-24)20-11-7-18(8-12-20)22-21(26)17-5-9-19(10-6-17)23(2)3/h5-12H,4,13-16H2,1-3H3,(H,22,26). The molecule has 3 rings (SSSR count). The topological polar surface area (TPSA) is 38.8 Å². The Bertz CT molecular complexity index is 717. The van der Waals surface area contributed by atoms with Crippen molar-refractivity contribution in [2.24, 2.45) is 0 Å². The van der Waals surface area contributed by atoms with Crippen molar-refractivity contribution in [3.05, 3.63) is 54.1 Å². The zero-order chi connectivity index (χ0) is 18.5. The first-order valence-corrected chi connectivity index (χ1v) is 9.23. The van der Waals surface area contributed by atoms with Gasteiger partial charge in [0.15, 0.2) is 0 Å². The van der Waals surface area contributed by atoms with Gasteiger partial charge in [0.1, 0.15) is 0 Å². The second-order valence-corrected chi connectivity index (χ2v) is 6.86. The van der Waals surface area contributed by atoms with E-state index in [1.54, 1.807) is 0 Å². The van der Waals surface area contributed by atoms with E-state index in [9.17, 15) is 4.79 Å². The second kappa shape index (κ2) is 8.23. The number of piperazine rings is 1. The van der Waals surface area contributed by atoms with Crippen molar-refractivity contribution in [3.63, 3.8) is 0 Å². The van der Waals surface area contributed by atoms with E-state index >= 15 is 0 Å². The summed E-state index contributed by atoms with van der Waals surface area (Å²) in [6.45, 7) is 7.65. The average molecular weight is 352 g/mol. The van der Waals surface area contributed by atoms with Crippen molar-refractivity contribution in [2.75, 3.05) is 61.9 Å². The molecule has 1 amide bonds. The highest BCUT2D eigenvalue weighted by molar-refractivity contribution is 6.04. The molecule has 2 aromatic rings. The molecule has 1 N–H and O–H groups in total. The van der Waals surface area contributed by atoms with Gasteiger partial charge in [0, 0.05) is 62.9 Å². The molecular formula is C21H28N4O. The summed E-state index contributed by atoms with van der Waals surface area (Å²) in [6, 6.07) is 15.8. The minimum atomic E-state index is -0.0837. The summed E-state index contributed by atoms with van der Waals surface area (Å²) in [5.41, 5.74) is 3.78. The number of rotatable bonds is 5. The molecule has 0 unspecified atom stereocenters. The lowest BCUT2D eigenvalue weighted by Gasteiger charge is -2.35. The number of hydrogen-bond acceptors (Lipinski definition) is 4. The van der Waals surface area contributed by atoms with Gasteiger partial charge in [-0.05, 0) is 55.1 Å². The largest absolute Gasteiger partial charge is 0.378 e. The lowest BCUT2D eigenvalue weighted by molar-refractivity contribution is 0.102. The number of hydrogen-bond donors (Lipinski definition) is 1. The minimum absolute atomic E-state index is 0.0837. The van der Waals surface area contributed by atoms with Gasteiger partial charge in [0.25, 0.3) is 5.91 Å². The SMILES string of the molecule is CCN1CCN(c2ccc(NC(=O)c3ccc(N(C)C)cc3)cc2)CC1. The summed E-state index contributed by atoms with van der Waals surface area (Å²) in [4.78, 5) is 19.3. The summed E-state index contributed by atoms with van der Waals surface area (Å²) in [6.07, 6.45) is 0. The second-order valence-electron chi connectivity index (χ2n) is 6.86. The molecule has 138 valence electrons. The highest BCUT2D eigenvalue weighted by Gasteiger charge is 2.15. The van der Waals surface area contributed by atoms with Crippen LogP contribution in [0.4, 0.5) is 17.1 Å². The van der Waals surface area contributed by atoms with Crippen LogP contribution in [0, 0.1) is 0 Å². The van der Waals surface area contributed by atoms with Crippen LogP contribution in [0.5, 0.6) is 0 Å². The van der Waals surface area contributed by atoms with Gasteiger partial charge in [-0.15, -0.1) is 0 Å². The molecule has 0 saturated carbocycles. The molecule has 0 spiro atoms. The molecule has 1 aliphatic rings. The number of nitrogens with one attached hydrogen (secondary N) is 1. The van der Waals surface area contributed by atoms with Gasteiger partial charge < -0.3 is 20.0 Å². The smallest absolute Gasteiger partial charge is 0.255 e. The van der Waals surface area contributed by atoms with Crippen molar-refractivity contribution in [3.8, 4) is 0 Å². The number of benzene rings is 2. The zero-order valence-electron chi connectivity index (χ0n) is 15.9. The lowest BCUT2D eigenvalue weighted by atomic mass is 10.1. The lowest BCUT2D eigenvalue weighted by Crippen LogP contribution is -2.46. The Hall–Kier alpha value is -2.53. The van der Waals surface area contributed by atoms with Crippen LogP contribution >= 0.6 is 0 Å². The molecule has 0 aliphatic carbocycles. The molecule has 26 heavy (non-hydrogen) atoms. The zero-order valence-corrected chi connectivity index (χ0v) is 15.9. The maximum atomic E-state index is 12.4. The van der Waals surface area contributed by atoms with Gasteiger partial charge in [-0.25, -0.2) is 0 Å². The van der Waals surface area contributed by atoms with E-state index in [1.165, 1.54) is 5.69 Å². The Labute approximate surface area is 156 Å². The minimum Gasteiger partial charge on any atom is -0.378 e. The fourth-order valence-electron chi connectivity index (χ4n) is 3.19. The summed E-state index contributed by atoms with van der Waals surface area (Å²) in [7, 11) is 3.97. The van der Waals surface area contributed by atoms with Gasteiger partial charge in [-0.3, -0.25) is 4.79 Å². The summed E-state index contributed by atoms with van der Waals surface area (Å²) >= 11 is 0. The Morgan fingerprint density at radius 3 is 2.12 bits per heavy atom. The molecular weight excluding hydrogens is 324 g/mol. The maximum absolute atomic E-state index is 12.4. The molecule has 0 aromatic heterocycles. The van der Waals surface area contributed by atoms with Gasteiger partial charge >= 0.3 is 0 Å². The molecule has 5 heteroatoms. The Morgan fingerprint density at radius 2 is 1.58 bits per heavy atom. The summed E-state index contributed by atoms with van der Waals surface area (Å²) in [5.74, 6) is -0.0837. The predicted molar refractivity (Wildman–Crippen MR) is 109 cm³/mol. The van der Waals surface area contributed by atoms with Crippen LogP contribution in [-0.4, -0.2) is 57.6 Å². The Kier molecular flexibility index (Phi) is 5.78. The van der Waals surface area contributed by atoms with Crippen LogP contribution in [0.3, 0.4) is 0 Å². The van der Waals surface area contributed by atoms with E-state index in [4.69, 9.17) is 0 Å². The fraction of sp³-hybridized carbons (Fsp3) is 0.381.